The lowest BCUT2D eigenvalue weighted by Crippen LogP contribution is -2.56. The van der Waals surface area contributed by atoms with Gasteiger partial charge in [-0.3, -0.25) is 4.79 Å². The molecule has 1 aromatic rings. The fraction of sp³-hybridized carbons (Fsp3) is 0.444. The summed E-state index contributed by atoms with van der Waals surface area (Å²) in [6.07, 6.45) is 1.92. The van der Waals surface area contributed by atoms with Gasteiger partial charge < -0.3 is 10.4 Å². The third kappa shape index (κ3) is 2.46. The Kier molecular flexibility index (Phi) is 4.05. The number of aliphatic carboxylic acids is 1. The predicted octanol–water partition coefficient (Wildman–Crippen LogP) is 3.83. The Morgan fingerprint density at radius 3 is 2.67 bits per heavy atom. The minimum Gasteiger partial charge on any atom is -0.481 e. The van der Waals surface area contributed by atoms with Gasteiger partial charge in [0, 0.05) is 22.7 Å². The first-order valence-corrected chi connectivity index (χ1v) is 8.24. The number of rotatable bonds is 3. The van der Waals surface area contributed by atoms with E-state index in [0.717, 1.165) is 18.9 Å². The Morgan fingerprint density at radius 2 is 2.17 bits per heavy atom. The fourth-order valence-corrected chi connectivity index (χ4v) is 4.09. The highest BCUT2D eigenvalue weighted by Crippen LogP contribution is 2.54. The second kappa shape index (κ2) is 5.78. The van der Waals surface area contributed by atoms with Crippen LogP contribution in [0, 0.1) is 28.5 Å². The van der Waals surface area contributed by atoms with Crippen LogP contribution in [0.15, 0.2) is 29.5 Å². The number of benzene rings is 1. The molecular formula is C18H18ClFN2O2. The lowest BCUT2D eigenvalue weighted by molar-refractivity contribution is -0.151. The highest BCUT2D eigenvalue weighted by Gasteiger charge is 2.57. The van der Waals surface area contributed by atoms with Gasteiger partial charge in [-0.05, 0) is 50.3 Å². The number of carboxylic acids is 1. The van der Waals surface area contributed by atoms with Gasteiger partial charge >= 0.3 is 5.97 Å². The minimum atomic E-state index is -1.24. The van der Waals surface area contributed by atoms with Crippen LogP contribution in [0.3, 0.4) is 0 Å². The Bertz CT molecular complexity index is 782. The SMILES string of the molecule is CC1=C(C#N)C(c2ccc(F)cc2Cl)C(C)(C(=O)O)C(C2CC2)N1. The summed E-state index contributed by atoms with van der Waals surface area (Å²) in [5, 5.41) is 23.1. The van der Waals surface area contributed by atoms with Crippen LogP contribution in [0.1, 0.15) is 38.2 Å². The number of carbonyl (C=O) groups is 1. The van der Waals surface area contributed by atoms with Crippen LogP contribution in [0.4, 0.5) is 4.39 Å². The van der Waals surface area contributed by atoms with Crippen LogP contribution >= 0.6 is 11.6 Å². The minimum absolute atomic E-state index is 0.143. The molecule has 0 radical (unpaired) electrons. The molecule has 0 saturated heterocycles. The summed E-state index contributed by atoms with van der Waals surface area (Å²) in [7, 11) is 0. The molecular weight excluding hydrogens is 331 g/mol. The molecule has 0 bridgehead atoms. The van der Waals surface area contributed by atoms with Crippen molar-refractivity contribution in [2.75, 3.05) is 0 Å². The zero-order valence-electron chi connectivity index (χ0n) is 13.4. The van der Waals surface area contributed by atoms with Gasteiger partial charge in [0.05, 0.1) is 17.1 Å². The zero-order valence-corrected chi connectivity index (χ0v) is 14.2. The predicted molar refractivity (Wildman–Crippen MR) is 87.9 cm³/mol. The van der Waals surface area contributed by atoms with E-state index in [1.807, 2.05) is 0 Å². The van der Waals surface area contributed by atoms with Crippen molar-refractivity contribution < 1.29 is 14.3 Å². The molecule has 1 heterocycles. The zero-order chi connectivity index (χ0) is 17.6. The van der Waals surface area contributed by atoms with Crippen LogP contribution in [0.5, 0.6) is 0 Å². The van der Waals surface area contributed by atoms with E-state index in [-0.39, 0.29) is 17.0 Å². The van der Waals surface area contributed by atoms with Gasteiger partial charge in [0.25, 0.3) is 0 Å². The van der Waals surface area contributed by atoms with E-state index in [1.165, 1.54) is 12.1 Å². The molecule has 126 valence electrons. The number of nitrogens with one attached hydrogen (secondary N) is 1. The molecule has 3 atom stereocenters. The molecule has 0 aromatic heterocycles. The quantitative estimate of drug-likeness (QED) is 0.870. The number of nitriles is 1. The molecule has 1 aliphatic heterocycles. The van der Waals surface area contributed by atoms with Crippen molar-refractivity contribution in [3.8, 4) is 6.07 Å². The van der Waals surface area contributed by atoms with E-state index in [9.17, 15) is 19.6 Å². The van der Waals surface area contributed by atoms with Crippen LogP contribution < -0.4 is 5.32 Å². The van der Waals surface area contributed by atoms with Crippen molar-refractivity contribution in [3.63, 3.8) is 0 Å². The van der Waals surface area contributed by atoms with Crippen LogP contribution in [0.25, 0.3) is 0 Å². The molecule has 6 heteroatoms. The van der Waals surface area contributed by atoms with E-state index in [4.69, 9.17) is 11.6 Å². The number of allylic oxidation sites excluding steroid dienone is 2. The van der Waals surface area contributed by atoms with E-state index in [0.29, 0.717) is 16.8 Å². The van der Waals surface area contributed by atoms with Gasteiger partial charge in [-0.2, -0.15) is 5.26 Å². The summed E-state index contributed by atoms with van der Waals surface area (Å²) in [6, 6.07) is 5.75. The Balaban J connectivity index is 2.25. The summed E-state index contributed by atoms with van der Waals surface area (Å²) >= 11 is 6.22. The van der Waals surface area contributed by atoms with E-state index >= 15 is 0 Å². The third-order valence-corrected chi connectivity index (χ3v) is 5.59. The van der Waals surface area contributed by atoms with Gasteiger partial charge in [-0.1, -0.05) is 17.7 Å². The Morgan fingerprint density at radius 1 is 1.50 bits per heavy atom. The first kappa shape index (κ1) is 16.8. The summed E-state index contributed by atoms with van der Waals surface area (Å²) in [5.74, 6) is -1.95. The topological polar surface area (TPSA) is 73.1 Å². The number of carboxylic acid groups (broad SMARTS) is 1. The van der Waals surface area contributed by atoms with E-state index in [2.05, 4.69) is 11.4 Å². The van der Waals surface area contributed by atoms with E-state index in [1.54, 1.807) is 13.8 Å². The third-order valence-electron chi connectivity index (χ3n) is 5.26. The average Bonchev–Trinajstić information content (AvgIpc) is 3.34. The van der Waals surface area contributed by atoms with Gasteiger partial charge in [0.15, 0.2) is 0 Å². The summed E-state index contributed by atoms with van der Waals surface area (Å²) in [6.45, 7) is 3.43. The number of nitrogens with zero attached hydrogens (tertiary/aromatic N) is 1. The number of hydrogen-bond acceptors (Lipinski definition) is 3. The molecule has 4 nitrogen and oxygen atoms in total. The molecule has 1 fully saturated rings. The summed E-state index contributed by atoms with van der Waals surface area (Å²) in [5.41, 5.74) is 0.238. The maximum Gasteiger partial charge on any atom is 0.312 e. The van der Waals surface area contributed by atoms with Crippen molar-refractivity contribution in [3.05, 3.63) is 45.9 Å². The van der Waals surface area contributed by atoms with Crippen LogP contribution in [-0.4, -0.2) is 17.1 Å². The molecule has 0 spiro atoms. The lowest BCUT2D eigenvalue weighted by atomic mass is 9.62. The fourth-order valence-electron chi connectivity index (χ4n) is 3.81. The Hall–Kier alpha value is -2.06. The molecule has 24 heavy (non-hydrogen) atoms. The van der Waals surface area contributed by atoms with Crippen molar-refractivity contribution in [1.82, 2.24) is 5.32 Å². The first-order valence-electron chi connectivity index (χ1n) is 7.86. The molecule has 3 rings (SSSR count). The highest BCUT2D eigenvalue weighted by atomic mass is 35.5. The van der Waals surface area contributed by atoms with Gasteiger partial charge in [0.1, 0.15) is 5.82 Å². The molecule has 2 aliphatic rings. The van der Waals surface area contributed by atoms with Gasteiger partial charge in [-0.25, -0.2) is 4.39 Å². The maximum absolute atomic E-state index is 13.4. The Labute approximate surface area is 144 Å². The highest BCUT2D eigenvalue weighted by molar-refractivity contribution is 6.31. The van der Waals surface area contributed by atoms with Crippen molar-refractivity contribution in [2.45, 2.75) is 38.6 Å². The second-order valence-electron chi connectivity index (χ2n) is 6.80. The van der Waals surface area contributed by atoms with Gasteiger partial charge in [-0.15, -0.1) is 0 Å². The molecule has 1 aliphatic carbocycles. The molecule has 1 aromatic carbocycles. The van der Waals surface area contributed by atoms with Gasteiger partial charge in [0.2, 0.25) is 0 Å². The maximum atomic E-state index is 13.4. The summed E-state index contributed by atoms with van der Waals surface area (Å²) in [4.78, 5) is 12.3. The summed E-state index contributed by atoms with van der Waals surface area (Å²) < 4.78 is 13.4. The molecule has 0 amide bonds. The van der Waals surface area contributed by atoms with Crippen molar-refractivity contribution in [1.29, 1.82) is 5.26 Å². The van der Waals surface area contributed by atoms with Crippen LogP contribution in [0.2, 0.25) is 5.02 Å². The van der Waals surface area contributed by atoms with Crippen molar-refractivity contribution in [2.24, 2.45) is 11.3 Å². The largest absolute Gasteiger partial charge is 0.481 e. The second-order valence-corrected chi connectivity index (χ2v) is 7.20. The molecule has 2 N–H and O–H groups in total. The number of hydrogen-bond donors (Lipinski definition) is 2. The van der Waals surface area contributed by atoms with Crippen LogP contribution in [-0.2, 0) is 4.79 Å². The van der Waals surface area contributed by atoms with Crippen molar-refractivity contribution >= 4 is 17.6 Å². The monoisotopic (exact) mass is 348 g/mol. The normalized spacial score (nSPS) is 29.8. The average molecular weight is 349 g/mol. The smallest absolute Gasteiger partial charge is 0.312 e. The molecule has 1 saturated carbocycles. The lowest BCUT2D eigenvalue weighted by Gasteiger charge is -2.46. The first-order chi connectivity index (χ1) is 11.3. The standard InChI is InChI=1S/C18H18ClFN2O2/c1-9-13(8-21)15(12-6-5-11(20)7-14(12)19)18(2,17(23)24)16(22-9)10-3-4-10/h5-7,10,15-16,22H,3-4H2,1-2H3,(H,23,24). The number of halogens is 2. The molecule has 3 unspecified atom stereocenters. The van der Waals surface area contributed by atoms with E-state index < -0.39 is 23.1 Å².